The molecular formula is C21H34NO3+. The van der Waals surface area contributed by atoms with E-state index in [1.807, 2.05) is 24.3 Å². The molecule has 0 unspecified atom stereocenters. The first-order chi connectivity index (χ1) is 12.1. The first-order valence-electron chi connectivity index (χ1n) is 9.86. The molecular weight excluding hydrogens is 314 g/mol. The number of ether oxygens (including phenoxy) is 1. The number of benzene rings is 1. The summed E-state index contributed by atoms with van der Waals surface area (Å²) in [6.45, 7) is 2.66. The van der Waals surface area contributed by atoms with Gasteiger partial charge >= 0.3 is 0 Å². The topological polar surface area (TPSA) is 63.1 Å². The Balaban J connectivity index is 1.65. The standard InChI is InChI=1S/C21H33NO3/c1-17(23)9-10-18-11-13-21(14-12-18)25-16-20(24)15-22-19-7-5-3-2-4-6-8-19/h11-14,19-20,22,24H,2-10,15-16H2,1H3/p+1/t20-/m1/s1. The molecule has 140 valence electrons. The zero-order valence-electron chi connectivity index (χ0n) is 15.6. The lowest BCUT2D eigenvalue weighted by Gasteiger charge is -2.20. The van der Waals surface area contributed by atoms with Gasteiger partial charge in [0.2, 0.25) is 0 Å². The van der Waals surface area contributed by atoms with Crippen LogP contribution < -0.4 is 10.1 Å². The van der Waals surface area contributed by atoms with Gasteiger partial charge in [-0.3, -0.25) is 0 Å². The number of hydrogen-bond donors (Lipinski definition) is 2. The van der Waals surface area contributed by atoms with Crippen LogP contribution >= 0.6 is 0 Å². The largest absolute Gasteiger partial charge is 0.491 e. The van der Waals surface area contributed by atoms with Crippen molar-refractivity contribution in [3.63, 3.8) is 0 Å². The third-order valence-corrected chi connectivity index (χ3v) is 5.02. The third kappa shape index (κ3) is 8.50. The fraction of sp³-hybridized carbons (Fsp3) is 0.667. The molecule has 0 radical (unpaired) electrons. The van der Waals surface area contributed by atoms with Crippen LogP contribution in [0.15, 0.2) is 24.3 Å². The van der Waals surface area contributed by atoms with Gasteiger partial charge in [-0.15, -0.1) is 0 Å². The molecule has 0 bridgehead atoms. The lowest BCUT2D eigenvalue weighted by atomic mass is 9.96. The maximum absolute atomic E-state index is 11.0. The zero-order valence-corrected chi connectivity index (χ0v) is 15.6. The Kier molecular flexibility index (Phi) is 8.98. The Morgan fingerprint density at radius 3 is 2.44 bits per heavy atom. The van der Waals surface area contributed by atoms with Crippen molar-refractivity contribution in [3.05, 3.63) is 29.8 Å². The van der Waals surface area contributed by atoms with Gasteiger partial charge < -0.3 is 20.0 Å². The van der Waals surface area contributed by atoms with Crippen molar-refractivity contribution in [1.29, 1.82) is 0 Å². The van der Waals surface area contributed by atoms with Gasteiger partial charge in [0, 0.05) is 6.42 Å². The fourth-order valence-corrected chi connectivity index (χ4v) is 3.41. The summed E-state index contributed by atoms with van der Waals surface area (Å²) in [5.41, 5.74) is 1.14. The van der Waals surface area contributed by atoms with E-state index in [1.165, 1.54) is 44.9 Å². The highest BCUT2D eigenvalue weighted by Crippen LogP contribution is 2.15. The molecule has 4 nitrogen and oxygen atoms in total. The second-order valence-corrected chi connectivity index (χ2v) is 7.39. The first kappa shape index (κ1) is 19.9. The quantitative estimate of drug-likeness (QED) is 0.721. The Morgan fingerprint density at radius 2 is 1.80 bits per heavy atom. The van der Waals surface area contributed by atoms with E-state index < -0.39 is 6.10 Å². The number of carbonyl (C=O) groups is 1. The van der Waals surface area contributed by atoms with Crippen molar-refractivity contribution in [2.24, 2.45) is 0 Å². The van der Waals surface area contributed by atoms with Crippen LogP contribution in [0.25, 0.3) is 0 Å². The predicted octanol–water partition coefficient (Wildman–Crippen LogP) is 2.62. The van der Waals surface area contributed by atoms with Crippen LogP contribution in [-0.2, 0) is 11.2 Å². The molecule has 1 aliphatic rings. The molecule has 1 saturated carbocycles. The Bertz CT molecular complexity index is 492. The van der Waals surface area contributed by atoms with Crippen LogP contribution in [0.4, 0.5) is 0 Å². The van der Waals surface area contributed by atoms with Gasteiger partial charge in [-0.05, 0) is 56.7 Å². The number of quaternary nitrogens is 1. The molecule has 3 N–H and O–H groups in total. The second-order valence-electron chi connectivity index (χ2n) is 7.39. The highest BCUT2D eigenvalue weighted by atomic mass is 16.5. The van der Waals surface area contributed by atoms with Gasteiger partial charge in [-0.2, -0.15) is 0 Å². The Hall–Kier alpha value is -1.39. The molecule has 0 heterocycles. The summed E-state index contributed by atoms with van der Waals surface area (Å²) in [7, 11) is 0. The Labute approximate surface area is 152 Å². The van der Waals surface area contributed by atoms with Gasteiger partial charge in [0.25, 0.3) is 0 Å². The maximum Gasteiger partial charge on any atom is 0.137 e. The number of aryl methyl sites for hydroxylation is 1. The van der Waals surface area contributed by atoms with Crippen molar-refractivity contribution < 1.29 is 20.0 Å². The summed E-state index contributed by atoms with van der Waals surface area (Å²) in [6.07, 6.45) is 10.2. The average molecular weight is 349 g/mol. The van der Waals surface area contributed by atoms with E-state index in [0.29, 0.717) is 25.6 Å². The molecule has 1 atom stereocenters. The molecule has 1 aliphatic carbocycles. The predicted molar refractivity (Wildman–Crippen MR) is 99.8 cm³/mol. The van der Waals surface area contributed by atoms with E-state index in [4.69, 9.17) is 4.74 Å². The monoisotopic (exact) mass is 348 g/mol. The van der Waals surface area contributed by atoms with Crippen LogP contribution in [0.3, 0.4) is 0 Å². The van der Waals surface area contributed by atoms with E-state index >= 15 is 0 Å². The van der Waals surface area contributed by atoms with Crippen LogP contribution in [0.5, 0.6) is 5.75 Å². The van der Waals surface area contributed by atoms with E-state index in [9.17, 15) is 9.90 Å². The molecule has 0 amide bonds. The van der Waals surface area contributed by atoms with Gasteiger partial charge in [0.1, 0.15) is 30.8 Å². The average Bonchev–Trinajstić information content (AvgIpc) is 2.58. The first-order valence-corrected chi connectivity index (χ1v) is 9.86. The van der Waals surface area contributed by atoms with Crippen LogP contribution in [0, 0.1) is 0 Å². The number of rotatable bonds is 9. The number of nitrogens with two attached hydrogens (primary N) is 1. The third-order valence-electron chi connectivity index (χ3n) is 5.02. The van der Waals surface area contributed by atoms with E-state index in [0.717, 1.165) is 17.7 Å². The van der Waals surface area contributed by atoms with Gasteiger partial charge in [-0.25, -0.2) is 0 Å². The normalized spacial score (nSPS) is 17.5. The van der Waals surface area contributed by atoms with Crippen molar-refractivity contribution in [2.75, 3.05) is 13.2 Å². The zero-order chi connectivity index (χ0) is 17.9. The van der Waals surface area contributed by atoms with E-state index in [-0.39, 0.29) is 5.78 Å². The lowest BCUT2D eigenvalue weighted by Crippen LogP contribution is -2.92. The number of aliphatic hydroxyl groups is 1. The van der Waals surface area contributed by atoms with Crippen LogP contribution in [0.2, 0.25) is 0 Å². The van der Waals surface area contributed by atoms with Gasteiger partial charge in [0.15, 0.2) is 0 Å². The highest BCUT2D eigenvalue weighted by Gasteiger charge is 2.16. The minimum atomic E-state index is -0.442. The molecule has 1 fully saturated rings. The number of hydrogen-bond acceptors (Lipinski definition) is 3. The number of aliphatic hydroxyl groups excluding tert-OH is 1. The summed E-state index contributed by atoms with van der Waals surface area (Å²) in [5.74, 6) is 0.987. The summed E-state index contributed by atoms with van der Waals surface area (Å²) in [5, 5.41) is 12.5. The molecule has 0 aromatic heterocycles. The van der Waals surface area contributed by atoms with Gasteiger partial charge in [0.05, 0.1) is 6.04 Å². The minimum absolute atomic E-state index is 0.212. The number of carbonyl (C=O) groups excluding carboxylic acids is 1. The molecule has 0 saturated heterocycles. The summed E-state index contributed by atoms with van der Waals surface area (Å²) in [6, 6.07) is 8.48. The fourth-order valence-electron chi connectivity index (χ4n) is 3.41. The highest BCUT2D eigenvalue weighted by molar-refractivity contribution is 5.75. The van der Waals surface area contributed by atoms with E-state index in [2.05, 4.69) is 5.32 Å². The van der Waals surface area contributed by atoms with Crippen molar-refractivity contribution in [1.82, 2.24) is 0 Å². The lowest BCUT2D eigenvalue weighted by molar-refractivity contribution is -0.696. The number of ketones is 1. The molecule has 2 rings (SSSR count). The molecule has 25 heavy (non-hydrogen) atoms. The van der Waals surface area contributed by atoms with Crippen molar-refractivity contribution in [2.45, 2.75) is 76.9 Å². The summed E-state index contributed by atoms with van der Waals surface area (Å²) in [4.78, 5) is 11.0. The molecule has 0 aliphatic heterocycles. The molecule has 1 aromatic rings. The minimum Gasteiger partial charge on any atom is -0.491 e. The van der Waals surface area contributed by atoms with Crippen LogP contribution in [-0.4, -0.2) is 36.2 Å². The van der Waals surface area contributed by atoms with Crippen molar-refractivity contribution >= 4 is 5.78 Å². The number of Topliss-reactive ketones (excluding diaryl/α,β-unsaturated/α-hetero) is 1. The SMILES string of the molecule is CC(=O)CCc1ccc(OC[C@H](O)C[NH2+]C2CCCCCCC2)cc1. The Morgan fingerprint density at radius 1 is 1.16 bits per heavy atom. The molecule has 0 spiro atoms. The van der Waals surface area contributed by atoms with Crippen LogP contribution in [0.1, 0.15) is 63.9 Å². The van der Waals surface area contributed by atoms with Crippen molar-refractivity contribution in [3.8, 4) is 5.75 Å². The van der Waals surface area contributed by atoms with E-state index in [1.54, 1.807) is 6.92 Å². The molecule has 4 heteroatoms. The molecule has 1 aromatic carbocycles. The van der Waals surface area contributed by atoms with Gasteiger partial charge in [-0.1, -0.05) is 31.4 Å². The smallest absolute Gasteiger partial charge is 0.137 e. The summed E-state index contributed by atoms with van der Waals surface area (Å²) < 4.78 is 5.70. The summed E-state index contributed by atoms with van der Waals surface area (Å²) >= 11 is 0. The maximum atomic E-state index is 11.0. The second kappa shape index (κ2) is 11.3.